The molecule has 5 nitrogen and oxygen atoms in total. The van der Waals surface area contributed by atoms with Gasteiger partial charge in [0.15, 0.2) is 0 Å². The molecule has 1 fully saturated rings. The van der Waals surface area contributed by atoms with E-state index in [4.69, 9.17) is 0 Å². The van der Waals surface area contributed by atoms with Crippen LogP contribution in [0, 0.1) is 5.82 Å². The molecule has 128 valence electrons. The zero-order chi connectivity index (χ0) is 17.0. The fraction of sp³-hybridized carbons (Fsp3) is 0.588. The fourth-order valence-corrected chi connectivity index (χ4v) is 2.75. The van der Waals surface area contributed by atoms with Crippen molar-refractivity contribution in [2.45, 2.75) is 32.0 Å². The van der Waals surface area contributed by atoms with Gasteiger partial charge in [0.25, 0.3) is 0 Å². The van der Waals surface area contributed by atoms with Crippen LogP contribution in [0.5, 0.6) is 0 Å². The quantitative estimate of drug-likeness (QED) is 0.849. The van der Waals surface area contributed by atoms with Crippen LogP contribution in [0.3, 0.4) is 0 Å². The van der Waals surface area contributed by atoms with Gasteiger partial charge in [-0.05, 0) is 38.6 Å². The third kappa shape index (κ3) is 4.73. The van der Waals surface area contributed by atoms with Crippen LogP contribution >= 0.6 is 0 Å². The lowest BCUT2D eigenvalue weighted by Crippen LogP contribution is -2.54. The van der Waals surface area contributed by atoms with E-state index in [0.29, 0.717) is 5.56 Å². The van der Waals surface area contributed by atoms with Crippen LogP contribution in [0.2, 0.25) is 0 Å². The van der Waals surface area contributed by atoms with Gasteiger partial charge >= 0.3 is 0 Å². The lowest BCUT2D eigenvalue weighted by molar-refractivity contribution is -0.128. The third-order valence-electron chi connectivity index (χ3n) is 4.52. The predicted octanol–water partition coefficient (Wildman–Crippen LogP) is 1.000. The first-order valence-corrected chi connectivity index (χ1v) is 8.05. The monoisotopic (exact) mass is 323 g/mol. The molecule has 3 atom stereocenters. The Bertz CT molecular complexity index is 515. The second-order valence-electron chi connectivity index (χ2n) is 6.31. The molecule has 0 bridgehead atoms. The minimum Gasteiger partial charge on any atom is -0.386 e. The number of nitrogens with zero attached hydrogens (tertiary/aromatic N) is 2. The van der Waals surface area contributed by atoms with Gasteiger partial charge < -0.3 is 15.3 Å². The van der Waals surface area contributed by atoms with Gasteiger partial charge in [0.1, 0.15) is 5.82 Å². The lowest BCUT2D eigenvalue weighted by atomic mass is 10.0. The molecule has 1 heterocycles. The van der Waals surface area contributed by atoms with Crippen LogP contribution < -0.4 is 5.32 Å². The van der Waals surface area contributed by atoms with Crippen molar-refractivity contribution in [2.75, 3.05) is 33.2 Å². The number of piperazine rings is 1. The second kappa shape index (κ2) is 7.86. The highest BCUT2D eigenvalue weighted by atomic mass is 19.1. The Labute approximate surface area is 137 Å². The lowest BCUT2D eigenvalue weighted by Gasteiger charge is -2.36. The van der Waals surface area contributed by atoms with Gasteiger partial charge in [0, 0.05) is 26.2 Å². The summed E-state index contributed by atoms with van der Waals surface area (Å²) in [6.45, 7) is 7.26. The molecule has 1 saturated heterocycles. The minimum absolute atomic E-state index is 0.0942. The number of hydrogen-bond donors (Lipinski definition) is 2. The summed E-state index contributed by atoms with van der Waals surface area (Å²) >= 11 is 0. The van der Waals surface area contributed by atoms with Gasteiger partial charge in [-0.25, -0.2) is 4.39 Å². The first-order valence-electron chi connectivity index (χ1n) is 8.05. The number of rotatable bonds is 5. The molecule has 0 aliphatic carbocycles. The Morgan fingerprint density at radius 3 is 2.30 bits per heavy atom. The number of carbonyl (C=O) groups excluding carboxylic acids is 1. The Hall–Kier alpha value is -1.50. The van der Waals surface area contributed by atoms with E-state index < -0.39 is 12.1 Å². The molecule has 0 saturated carbocycles. The SMILES string of the molecule is CC(NC(=O)C(C)N1CCN(C)CC1)C(O)c1ccc(F)cc1. The molecular weight excluding hydrogens is 297 g/mol. The number of aliphatic hydroxyl groups excluding tert-OH is 1. The highest BCUT2D eigenvalue weighted by molar-refractivity contribution is 5.81. The topological polar surface area (TPSA) is 55.8 Å². The van der Waals surface area contributed by atoms with Gasteiger partial charge in [0.2, 0.25) is 5.91 Å². The Kier molecular flexibility index (Phi) is 6.10. The molecule has 0 aromatic heterocycles. The minimum atomic E-state index is -0.862. The number of hydrogen-bond acceptors (Lipinski definition) is 4. The molecule has 2 N–H and O–H groups in total. The van der Waals surface area contributed by atoms with E-state index in [9.17, 15) is 14.3 Å². The maximum absolute atomic E-state index is 12.9. The van der Waals surface area contributed by atoms with Gasteiger partial charge in [-0.3, -0.25) is 9.69 Å². The predicted molar refractivity (Wildman–Crippen MR) is 87.5 cm³/mol. The molecule has 1 aliphatic heterocycles. The van der Waals surface area contributed by atoms with Crippen molar-refractivity contribution in [1.82, 2.24) is 15.1 Å². The summed E-state index contributed by atoms with van der Waals surface area (Å²) in [7, 11) is 2.07. The molecular formula is C17H26FN3O2. The van der Waals surface area contributed by atoms with E-state index in [-0.39, 0.29) is 17.8 Å². The van der Waals surface area contributed by atoms with Gasteiger partial charge in [0.05, 0.1) is 18.2 Å². The third-order valence-corrected chi connectivity index (χ3v) is 4.52. The number of nitrogens with one attached hydrogen (secondary N) is 1. The van der Waals surface area contributed by atoms with Crippen LogP contribution in [0.15, 0.2) is 24.3 Å². The number of likely N-dealkylation sites (N-methyl/N-ethyl adjacent to an activating group) is 1. The summed E-state index contributed by atoms with van der Waals surface area (Å²) in [5, 5.41) is 13.2. The molecule has 3 unspecified atom stereocenters. The standard InChI is InChI=1S/C17H26FN3O2/c1-12(16(22)14-4-6-15(18)7-5-14)19-17(23)13(2)21-10-8-20(3)9-11-21/h4-7,12-13,16,22H,8-11H2,1-3H3,(H,19,23). The van der Waals surface area contributed by atoms with Gasteiger partial charge in [-0.15, -0.1) is 0 Å². The van der Waals surface area contributed by atoms with E-state index in [1.54, 1.807) is 6.92 Å². The molecule has 1 aliphatic rings. The largest absolute Gasteiger partial charge is 0.386 e. The van der Waals surface area contributed by atoms with Gasteiger partial charge in [-0.1, -0.05) is 12.1 Å². The first-order chi connectivity index (χ1) is 10.9. The maximum Gasteiger partial charge on any atom is 0.237 e. The van der Waals surface area contributed by atoms with E-state index in [1.807, 2.05) is 6.92 Å². The summed E-state index contributed by atoms with van der Waals surface area (Å²) < 4.78 is 12.9. The molecule has 23 heavy (non-hydrogen) atoms. The summed E-state index contributed by atoms with van der Waals surface area (Å²) in [5.74, 6) is -0.440. The number of carbonyl (C=O) groups is 1. The Morgan fingerprint density at radius 1 is 1.17 bits per heavy atom. The zero-order valence-electron chi connectivity index (χ0n) is 14.0. The van der Waals surface area contributed by atoms with Crippen molar-refractivity contribution in [2.24, 2.45) is 0 Å². The van der Waals surface area contributed by atoms with Crippen molar-refractivity contribution >= 4 is 5.91 Å². The highest BCUT2D eigenvalue weighted by Gasteiger charge is 2.27. The van der Waals surface area contributed by atoms with Crippen LogP contribution in [-0.4, -0.2) is 66.1 Å². The summed E-state index contributed by atoms with van der Waals surface area (Å²) in [4.78, 5) is 16.8. The van der Waals surface area contributed by atoms with Crippen molar-refractivity contribution in [3.63, 3.8) is 0 Å². The normalized spacial score (nSPS) is 20.7. The van der Waals surface area contributed by atoms with Crippen LogP contribution in [0.4, 0.5) is 4.39 Å². The van der Waals surface area contributed by atoms with Crippen molar-refractivity contribution < 1.29 is 14.3 Å². The van der Waals surface area contributed by atoms with Crippen molar-refractivity contribution in [3.05, 3.63) is 35.6 Å². The smallest absolute Gasteiger partial charge is 0.237 e. The van der Waals surface area contributed by atoms with Crippen LogP contribution in [0.25, 0.3) is 0 Å². The molecule has 1 amide bonds. The molecule has 1 aromatic carbocycles. The highest BCUT2D eigenvalue weighted by Crippen LogP contribution is 2.17. The number of benzene rings is 1. The second-order valence-corrected chi connectivity index (χ2v) is 6.31. The zero-order valence-corrected chi connectivity index (χ0v) is 14.0. The van der Waals surface area contributed by atoms with E-state index >= 15 is 0 Å². The van der Waals surface area contributed by atoms with Crippen LogP contribution in [-0.2, 0) is 4.79 Å². The average molecular weight is 323 g/mol. The Morgan fingerprint density at radius 2 is 1.74 bits per heavy atom. The molecule has 0 radical (unpaired) electrons. The maximum atomic E-state index is 12.9. The molecule has 6 heteroatoms. The van der Waals surface area contributed by atoms with Crippen LogP contribution in [0.1, 0.15) is 25.5 Å². The number of amides is 1. The molecule has 0 spiro atoms. The van der Waals surface area contributed by atoms with Gasteiger partial charge in [-0.2, -0.15) is 0 Å². The van der Waals surface area contributed by atoms with E-state index in [1.165, 1.54) is 24.3 Å². The molecule has 2 rings (SSSR count). The summed E-state index contributed by atoms with van der Waals surface area (Å²) in [5.41, 5.74) is 0.589. The number of halogens is 1. The first kappa shape index (κ1) is 17.8. The average Bonchev–Trinajstić information content (AvgIpc) is 2.54. The summed E-state index contributed by atoms with van der Waals surface area (Å²) in [6.07, 6.45) is -0.862. The van der Waals surface area contributed by atoms with E-state index in [2.05, 4.69) is 22.2 Å². The molecule has 1 aromatic rings. The Balaban J connectivity index is 1.89. The van der Waals surface area contributed by atoms with Crippen molar-refractivity contribution in [1.29, 1.82) is 0 Å². The number of aliphatic hydroxyl groups is 1. The van der Waals surface area contributed by atoms with E-state index in [0.717, 1.165) is 26.2 Å². The summed E-state index contributed by atoms with van der Waals surface area (Å²) in [6, 6.07) is 5.01. The van der Waals surface area contributed by atoms with Crippen molar-refractivity contribution in [3.8, 4) is 0 Å². The fourth-order valence-electron chi connectivity index (χ4n) is 2.75.